The first kappa shape index (κ1) is 12.1. The summed E-state index contributed by atoms with van der Waals surface area (Å²) >= 11 is 3.38. The average molecular weight is 298 g/mol. The van der Waals surface area contributed by atoms with Gasteiger partial charge in [-0.15, -0.1) is 0 Å². The summed E-state index contributed by atoms with van der Waals surface area (Å²) in [6.45, 7) is 0.540. The lowest BCUT2D eigenvalue weighted by atomic mass is 10.1. The molecule has 2 rings (SSSR count). The molecule has 0 bridgehead atoms. The normalized spacial score (nSPS) is 18.6. The largest absolute Gasteiger partial charge is 0.481 e. The van der Waals surface area contributed by atoms with Gasteiger partial charge in [0, 0.05) is 10.9 Å². The van der Waals surface area contributed by atoms with E-state index in [0.717, 1.165) is 16.5 Å². The Morgan fingerprint density at radius 1 is 1.47 bits per heavy atom. The highest BCUT2D eigenvalue weighted by Gasteiger charge is 2.21. The van der Waals surface area contributed by atoms with Gasteiger partial charge in [-0.05, 0) is 17.7 Å². The highest BCUT2D eigenvalue weighted by Crippen LogP contribution is 2.16. The lowest BCUT2D eigenvalue weighted by Crippen LogP contribution is -2.17. The number of carboxylic acid groups (broad SMARTS) is 1. The smallest absolute Gasteiger partial charge is 0.312 e. The molecule has 0 aliphatic carbocycles. The third-order valence-corrected chi connectivity index (χ3v) is 2.98. The molecule has 1 heterocycles. The second-order valence-electron chi connectivity index (χ2n) is 3.88. The minimum atomic E-state index is -0.909. The Labute approximate surface area is 107 Å². The summed E-state index contributed by atoms with van der Waals surface area (Å²) in [6, 6.07) is 7.98. The van der Waals surface area contributed by atoms with Gasteiger partial charge in [0.25, 0.3) is 0 Å². The summed E-state index contributed by atoms with van der Waals surface area (Å²) in [5.41, 5.74) is 1.16. The van der Waals surface area contributed by atoms with Gasteiger partial charge in [-0.25, -0.2) is 0 Å². The Kier molecular flexibility index (Phi) is 3.78. The van der Waals surface area contributed by atoms with E-state index in [1.54, 1.807) is 0 Å². The van der Waals surface area contributed by atoms with Crippen molar-refractivity contribution in [3.63, 3.8) is 0 Å². The molecule has 1 aliphatic heterocycles. The van der Waals surface area contributed by atoms with E-state index in [0.29, 0.717) is 12.4 Å². The molecule has 1 aliphatic rings. The minimum absolute atomic E-state index is 0.0366. The monoisotopic (exact) mass is 297 g/mol. The molecule has 5 heteroatoms. The van der Waals surface area contributed by atoms with Crippen molar-refractivity contribution in [2.75, 3.05) is 6.54 Å². The summed E-state index contributed by atoms with van der Waals surface area (Å²) in [5.74, 6) is -0.576. The van der Waals surface area contributed by atoms with Crippen molar-refractivity contribution in [1.29, 1.82) is 0 Å². The standard InChI is InChI=1S/C12H12BrNO3/c13-9-3-1-8(2-4-9)5-10-7-14-11(17-10)6-12(15)16/h1-4,10H,5-7H2,(H,15,16). The Hall–Kier alpha value is -1.36. The third-order valence-electron chi connectivity index (χ3n) is 2.45. The number of nitrogens with zero attached hydrogens (tertiary/aromatic N) is 1. The number of carbonyl (C=O) groups is 1. The van der Waals surface area contributed by atoms with Crippen LogP contribution in [-0.2, 0) is 16.0 Å². The predicted molar refractivity (Wildman–Crippen MR) is 67.3 cm³/mol. The van der Waals surface area contributed by atoms with Gasteiger partial charge >= 0.3 is 5.97 Å². The molecule has 1 unspecified atom stereocenters. The molecule has 1 aromatic carbocycles. The van der Waals surface area contributed by atoms with Gasteiger partial charge in [0.15, 0.2) is 5.90 Å². The van der Waals surface area contributed by atoms with Crippen LogP contribution in [0.2, 0.25) is 0 Å². The number of hydrogen-bond donors (Lipinski definition) is 1. The van der Waals surface area contributed by atoms with Crippen molar-refractivity contribution in [2.45, 2.75) is 18.9 Å². The van der Waals surface area contributed by atoms with Crippen molar-refractivity contribution in [2.24, 2.45) is 4.99 Å². The van der Waals surface area contributed by atoms with Gasteiger partial charge in [0.2, 0.25) is 0 Å². The SMILES string of the molecule is O=C(O)CC1=NCC(Cc2ccc(Br)cc2)O1. The van der Waals surface area contributed by atoms with Crippen molar-refractivity contribution >= 4 is 27.8 Å². The number of carboxylic acids is 1. The maximum Gasteiger partial charge on any atom is 0.312 e. The van der Waals surface area contributed by atoms with Crippen LogP contribution in [0.4, 0.5) is 0 Å². The quantitative estimate of drug-likeness (QED) is 0.927. The zero-order valence-corrected chi connectivity index (χ0v) is 10.7. The van der Waals surface area contributed by atoms with Crippen molar-refractivity contribution in [1.82, 2.24) is 0 Å². The number of aliphatic carboxylic acids is 1. The van der Waals surface area contributed by atoms with Crippen LogP contribution < -0.4 is 0 Å². The molecule has 0 spiro atoms. The number of ether oxygens (including phenoxy) is 1. The Bertz CT molecular complexity index is 442. The summed E-state index contributed by atoms with van der Waals surface area (Å²) in [4.78, 5) is 14.6. The summed E-state index contributed by atoms with van der Waals surface area (Å²) in [7, 11) is 0. The van der Waals surface area contributed by atoms with Gasteiger partial charge in [0.1, 0.15) is 12.5 Å². The molecular formula is C12H12BrNO3. The fraction of sp³-hybridized carbons (Fsp3) is 0.333. The van der Waals surface area contributed by atoms with E-state index < -0.39 is 5.97 Å². The van der Waals surface area contributed by atoms with E-state index in [9.17, 15) is 4.79 Å². The zero-order valence-electron chi connectivity index (χ0n) is 9.10. The summed E-state index contributed by atoms with van der Waals surface area (Å²) < 4.78 is 6.50. The first-order chi connectivity index (χ1) is 8.13. The van der Waals surface area contributed by atoms with Crippen molar-refractivity contribution < 1.29 is 14.6 Å². The van der Waals surface area contributed by atoms with Crippen LogP contribution in [0.25, 0.3) is 0 Å². The van der Waals surface area contributed by atoms with Crippen LogP contribution in [0.15, 0.2) is 33.7 Å². The fourth-order valence-corrected chi connectivity index (χ4v) is 1.95. The zero-order chi connectivity index (χ0) is 12.3. The van der Waals surface area contributed by atoms with Crippen LogP contribution in [0, 0.1) is 0 Å². The fourth-order valence-electron chi connectivity index (χ4n) is 1.69. The molecule has 1 N–H and O–H groups in total. The van der Waals surface area contributed by atoms with E-state index >= 15 is 0 Å². The second-order valence-corrected chi connectivity index (χ2v) is 4.79. The predicted octanol–water partition coefficient (Wildman–Crippen LogP) is 2.26. The third kappa shape index (κ3) is 3.56. The second kappa shape index (κ2) is 5.31. The van der Waals surface area contributed by atoms with Crippen LogP contribution in [-0.4, -0.2) is 29.6 Å². The molecule has 0 fully saturated rings. The number of benzene rings is 1. The molecule has 1 atom stereocenters. The first-order valence-corrected chi connectivity index (χ1v) is 6.09. The molecule has 17 heavy (non-hydrogen) atoms. The molecule has 0 radical (unpaired) electrons. The Morgan fingerprint density at radius 2 is 2.18 bits per heavy atom. The highest BCUT2D eigenvalue weighted by atomic mass is 79.9. The van der Waals surface area contributed by atoms with Gasteiger partial charge in [-0.2, -0.15) is 0 Å². The molecule has 90 valence electrons. The van der Waals surface area contributed by atoms with Gasteiger partial charge in [-0.3, -0.25) is 9.79 Å². The minimum Gasteiger partial charge on any atom is -0.481 e. The van der Waals surface area contributed by atoms with Gasteiger partial charge < -0.3 is 9.84 Å². The summed E-state index contributed by atoms with van der Waals surface area (Å²) in [6.07, 6.45) is 0.585. The van der Waals surface area contributed by atoms with E-state index in [4.69, 9.17) is 9.84 Å². The number of halogens is 1. The van der Waals surface area contributed by atoms with Gasteiger partial charge in [-0.1, -0.05) is 28.1 Å². The Balaban J connectivity index is 1.87. The van der Waals surface area contributed by atoms with Crippen molar-refractivity contribution in [3.05, 3.63) is 34.3 Å². The maximum absolute atomic E-state index is 10.5. The lowest BCUT2D eigenvalue weighted by Gasteiger charge is -2.10. The van der Waals surface area contributed by atoms with Crippen LogP contribution in [0.3, 0.4) is 0 Å². The average Bonchev–Trinajstić information content (AvgIpc) is 2.68. The molecule has 0 amide bonds. The van der Waals surface area contributed by atoms with E-state index in [-0.39, 0.29) is 12.5 Å². The number of rotatable bonds is 4. The molecular weight excluding hydrogens is 286 g/mol. The van der Waals surface area contributed by atoms with E-state index in [1.165, 1.54) is 0 Å². The van der Waals surface area contributed by atoms with E-state index in [2.05, 4.69) is 20.9 Å². The molecule has 0 aromatic heterocycles. The summed E-state index contributed by atoms with van der Waals surface area (Å²) in [5, 5.41) is 8.61. The van der Waals surface area contributed by atoms with Crippen molar-refractivity contribution in [3.8, 4) is 0 Å². The maximum atomic E-state index is 10.5. The molecule has 1 aromatic rings. The highest BCUT2D eigenvalue weighted by molar-refractivity contribution is 9.10. The molecule has 0 saturated carbocycles. The van der Waals surface area contributed by atoms with E-state index in [1.807, 2.05) is 24.3 Å². The van der Waals surface area contributed by atoms with Crippen LogP contribution in [0.5, 0.6) is 0 Å². The van der Waals surface area contributed by atoms with Crippen LogP contribution >= 0.6 is 15.9 Å². The molecule has 0 saturated heterocycles. The van der Waals surface area contributed by atoms with Crippen LogP contribution in [0.1, 0.15) is 12.0 Å². The first-order valence-electron chi connectivity index (χ1n) is 5.29. The number of aliphatic imine (C=N–C) groups is 1. The molecule has 4 nitrogen and oxygen atoms in total. The lowest BCUT2D eigenvalue weighted by molar-refractivity contribution is -0.135. The topological polar surface area (TPSA) is 58.9 Å². The Morgan fingerprint density at radius 3 is 2.82 bits per heavy atom. The number of hydrogen-bond acceptors (Lipinski definition) is 3. The van der Waals surface area contributed by atoms with Gasteiger partial charge in [0.05, 0.1) is 6.54 Å².